The van der Waals surface area contributed by atoms with E-state index in [0.717, 1.165) is 25.2 Å². The fourth-order valence-corrected chi connectivity index (χ4v) is 3.30. The second-order valence-corrected chi connectivity index (χ2v) is 6.60. The summed E-state index contributed by atoms with van der Waals surface area (Å²) < 4.78 is 11.7. The zero-order valence-electron chi connectivity index (χ0n) is 14.6. The molecule has 3 nitrogen and oxygen atoms in total. The van der Waals surface area contributed by atoms with E-state index in [4.69, 9.17) is 9.47 Å². The lowest BCUT2D eigenvalue weighted by atomic mass is 10.0. The summed E-state index contributed by atoms with van der Waals surface area (Å²) in [5.41, 5.74) is 2.40. The van der Waals surface area contributed by atoms with Crippen LogP contribution in [0.2, 0.25) is 0 Å². The van der Waals surface area contributed by atoms with Gasteiger partial charge < -0.3 is 14.8 Å². The molecule has 1 saturated heterocycles. The first-order valence-electron chi connectivity index (χ1n) is 8.85. The van der Waals surface area contributed by atoms with Crippen molar-refractivity contribution in [3.63, 3.8) is 0 Å². The first-order valence-corrected chi connectivity index (χ1v) is 8.85. The Kier molecular flexibility index (Phi) is 5.89. The van der Waals surface area contributed by atoms with Crippen molar-refractivity contribution in [2.24, 2.45) is 0 Å². The van der Waals surface area contributed by atoms with Gasteiger partial charge in [0.25, 0.3) is 0 Å². The molecule has 1 aliphatic heterocycles. The van der Waals surface area contributed by atoms with E-state index in [1.807, 2.05) is 24.3 Å². The Morgan fingerprint density at radius 2 is 1.88 bits per heavy atom. The van der Waals surface area contributed by atoms with Gasteiger partial charge in [-0.1, -0.05) is 48.5 Å². The molecule has 0 radical (unpaired) electrons. The van der Waals surface area contributed by atoms with E-state index < -0.39 is 0 Å². The van der Waals surface area contributed by atoms with E-state index in [2.05, 4.69) is 49.5 Å². The molecule has 0 aromatic heterocycles. The van der Waals surface area contributed by atoms with E-state index in [1.165, 1.54) is 11.1 Å². The van der Waals surface area contributed by atoms with Crippen LogP contribution in [0, 0.1) is 0 Å². The van der Waals surface area contributed by atoms with Gasteiger partial charge in [-0.15, -0.1) is 0 Å². The van der Waals surface area contributed by atoms with Gasteiger partial charge >= 0.3 is 0 Å². The lowest BCUT2D eigenvalue weighted by Crippen LogP contribution is -2.39. The molecule has 2 aromatic rings. The van der Waals surface area contributed by atoms with Crippen LogP contribution in [-0.2, 0) is 11.3 Å². The molecule has 0 saturated carbocycles. The topological polar surface area (TPSA) is 30.5 Å². The smallest absolute Gasteiger partial charge is 0.124 e. The van der Waals surface area contributed by atoms with Crippen LogP contribution in [0.5, 0.6) is 5.75 Å². The minimum atomic E-state index is 0.257. The van der Waals surface area contributed by atoms with E-state index >= 15 is 0 Å². The van der Waals surface area contributed by atoms with Crippen LogP contribution < -0.4 is 10.1 Å². The van der Waals surface area contributed by atoms with Crippen molar-refractivity contribution >= 4 is 0 Å². The molecule has 3 atom stereocenters. The Hall–Kier alpha value is -1.84. The third-order valence-corrected chi connectivity index (χ3v) is 4.59. The summed E-state index contributed by atoms with van der Waals surface area (Å²) in [4.78, 5) is 0. The highest BCUT2D eigenvalue weighted by molar-refractivity contribution is 5.36. The summed E-state index contributed by atoms with van der Waals surface area (Å²) in [7, 11) is 0. The maximum Gasteiger partial charge on any atom is 0.124 e. The molecule has 0 unspecified atom stereocenters. The SMILES string of the molecule is C[C@@H]1C[C@@H](N[C@H](C)c2ccccc2OCc2ccccc2)CCO1. The highest BCUT2D eigenvalue weighted by Crippen LogP contribution is 2.27. The zero-order valence-corrected chi connectivity index (χ0v) is 14.6. The van der Waals surface area contributed by atoms with E-state index in [-0.39, 0.29) is 6.04 Å². The second kappa shape index (κ2) is 8.32. The minimum absolute atomic E-state index is 0.257. The van der Waals surface area contributed by atoms with Gasteiger partial charge in [-0.3, -0.25) is 0 Å². The van der Waals surface area contributed by atoms with Gasteiger partial charge in [-0.2, -0.15) is 0 Å². The summed E-state index contributed by atoms with van der Waals surface area (Å²) in [6, 6.07) is 19.4. The number of hydrogen-bond acceptors (Lipinski definition) is 3. The lowest BCUT2D eigenvalue weighted by Gasteiger charge is -2.31. The van der Waals surface area contributed by atoms with Crippen LogP contribution in [0.25, 0.3) is 0 Å². The molecule has 0 aliphatic carbocycles. The third kappa shape index (κ3) is 4.59. The number of benzene rings is 2. The first-order chi connectivity index (χ1) is 11.7. The van der Waals surface area contributed by atoms with Crippen molar-refractivity contribution < 1.29 is 9.47 Å². The molecule has 2 aromatic carbocycles. The molecule has 0 bridgehead atoms. The van der Waals surface area contributed by atoms with Crippen LogP contribution in [0.3, 0.4) is 0 Å². The summed E-state index contributed by atoms with van der Waals surface area (Å²) in [5.74, 6) is 0.960. The Bertz CT molecular complexity index is 629. The molecule has 1 heterocycles. The van der Waals surface area contributed by atoms with Gasteiger partial charge in [0.2, 0.25) is 0 Å². The average Bonchev–Trinajstić information content (AvgIpc) is 2.61. The molecule has 128 valence electrons. The number of hydrogen-bond donors (Lipinski definition) is 1. The van der Waals surface area contributed by atoms with Gasteiger partial charge in [0, 0.05) is 24.3 Å². The standard InChI is InChI=1S/C21H27NO2/c1-16-14-19(12-13-23-16)22-17(2)20-10-6-7-11-21(20)24-15-18-8-4-3-5-9-18/h3-11,16-17,19,22H,12-15H2,1-2H3/t16-,17-,19+/m1/s1. The van der Waals surface area contributed by atoms with Gasteiger partial charge in [0.15, 0.2) is 0 Å². The maximum absolute atomic E-state index is 6.09. The van der Waals surface area contributed by atoms with Crippen LogP contribution in [0.15, 0.2) is 54.6 Å². The Balaban J connectivity index is 1.64. The monoisotopic (exact) mass is 325 g/mol. The molecule has 0 amide bonds. The molecule has 1 aliphatic rings. The fourth-order valence-electron chi connectivity index (χ4n) is 3.30. The molecule has 3 rings (SSSR count). The largest absolute Gasteiger partial charge is 0.489 e. The van der Waals surface area contributed by atoms with Crippen molar-refractivity contribution in [2.45, 2.75) is 51.5 Å². The van der Waals surface area contributed by atoms with Crippen molar-refractivity contribution in [1.82, 2.24) is 5.32 Å². The molecule has 1 N–H and O–H groups in total. The summed E-state index contributed by atoms with van der Waals surface area (Å²) in [5, 5.41) is 3.74. The van der Waals surface area contributed by atoms with Crippen molar-refractivity contribution in [3.05, 3.63) is 65.7 Å². The van der Waals surface area contributed by atoms with Crippen LogP contribution in [-0.4, -0.2) is 18.8 Å². The summed E-state index contributed by atoms with van der Waals surface area (Å²) in [6.45, 7) is 5.80. The van der Waals surface area contributed by atoms with Crippen molar-refractivity contribution in [2.75, 3.05) is 6.61 Å². The zero-order chi connectivity index (χ0) is 16.8. The quantitative estimate of drug-likeness (QED) is 0.849. The van der Waals surface area contributed by atoms with Crippen molar-refractivity contribution in [1.29, 1.82) is 0 Å². The number of rotatable bonds is 6. The number of nitrogens with one attached hydrogen (secondary N) is 1. The molecule has 3 heteroatoms. The van der Waals surface area contributed by atoms with Gasteiger partial charge in [0.1, 0.15) is 12.4 Å². The van der Waals surface area contributed by atoms with Gasteiger partial charge in [-0.05, 0) is 38.3 Å². The number of para-hydroxylation sites is 1. The second-order valence-electron chi connectivity index (χ2n) is 6.60. The predicted molar refractivity (Wildman–Crippen MR) is 97.2 cm³/mol. The maximum atomic E-state index is 6.09. The normalized spacial score (nSPS) is 22.1. The van der Waals surface area contributed by atoms with E-state index in [0.29, 0.717) is 18.8 Å². The van der Waals surface area contributed by atoms with E-state index in [9.17, 15) is 0 Å². The van der Waals surface area contributed by atoms with Crippen LogP contribution in [0.4, 0.5) is 0 Å². The lowest BCUT2D eigenvalue weighted by molar-refractivity contribution is 0.0115. The minimum Gasteiger partial charge on any atom is -0.489 e. The average molecular weight is 325 g/mol. The predicted octanol–water partition coefficient (Wildman–Crippen LogP) is 4.48. The summed E-state index contributed by atoms with van der Waals surface area (Å²) in [6.07, 6.45) is 2.48. The van der Waals surface area contributed by atoms with Crippen molar-refractivity contribution in [3.8, 4) is 5.75 Å². The highest BCUT2D eigenvalue weighted by atomic mass is 16.5. The third-order valence-electron chi connectivity index (χ3n) is 4.59. The molecule has 1 fully saturated rings. The first kappa shape index (κ1) is 17.0. The van der Waals surface area contributed by atoms with Gasteiger partial charge in [0.05, 0.1) is 6.10 Å². The van der Waals surface area contributed by atoms with Crippen LogP contribution >= 0.6 is 0 Å². The Morgan fingerprint density at radius 3 is 2.67 bits per heavy atom. The number of ether oxygens (including phenoxy) is 2. The summed E-state index contributed by atoms with van der Waals surface area (Å²) >= 11 is 0. The van der Waals surface area contributed by atoms with E-state index in [1.54, 1.807) is 0 Å². The molecular weight excluding hydrogens is 298 g/mol. The Morgan fingerprint density at radius 1 is 1.12 bits per heavy atom. The molecular formula is C21H27NO2. The fraction of sp³-hybridized carbons (Fsp3) is 0.429. The van der Waals surface area contributed by atoms with Gasteiger partial charge in [-0.25, -0.2) is 0 Å². The molecule has 24 heavy (non-hydrogen) atoms. The Labute approximate surface area is 145 Å². The molecule has 0 spiro atoms. The highest BCUT2D eigenvalue weighted by Gasteiger charge is 2.22. The van der Waals surface area contributed by atoms with Crippen LogP contribution in [0.1, 0.15) is 43.9 Å².